The molecule has 5 atom stereocenters. The van der Waals surface area contributed by atoms with E-state index in [1.54, 1.807) is 35.4 Å². The number of hydrogen-bond donors (Lipinski definition) is 6. The lowest BCUT2D eigenvalue weighted by atomic mass is 9.92. The first-order chi connectivity index (χ1) is 35.4. The molecular formula is C49H64ClFN12O9S. The van der Waals surface area contributed by atoms with E-state index in [1.807, 2.05) is 18.7 Å². The number of ether oxygens (including phenoxy) is 3. The largest absolute Gasteiger partial charge is 0.388 e. The standard InChI is InChI=1S/C49H64ClFN12O9S/c1-49(60-61-49)16-13-34(65)7-3-2-4-8-37(54-42(67)10-6-5-9-41-45-39(30-73-41)56-48(69)58-45)47(68)53-19-21-70-23-24-71-22-20-63-26-33(59-62-63)28-72-29-38-43(40(66)27-64)44(35-12-11-32(51)25-36(35)50)57-46(55-38)31-14-17-52-18-15-31/h11-12,14-15,17-18,25-26,37,39,41,44-45,64H,2-10,13,16,19-24,27-30H2,1H3,(H,53,68)(H,54,67)(H,55,57)(H2,56,58,69)/t37-,39-,41-,44?,45-/m0/s1. The molecule has 4 aliphatic rings. The maximum absolute atomic E-state index is 14.0. The van der Waals surface area contributed by atoms with Crippen LogP contribution in [0.15, 0.2) is 75.4 Å². The predicted octanol–water partition coefficient (Wildman–Crippen LogP) is 4.43. The van der Waals surface area contributed by atoms with Crippen LogP contribution >= 0.6 is 23.4 Å². The number of amidine groups is 1. The molecule has 21 nitrogen and oxygen atoms in total. The maximum atomic E-state index is 14.0. The highest BCUT2D eigenvalue weighted by Gasteiger charge is 2.42. The number of halogens is 2. The molecular weight excluding hydrogens is 987 g/mol. The third-order valence-electron chi connectivity index (χ3n) is 12.7. The van der Waals surface area contributed by atoms with Crippen molar-refractivity contribution in [3.8, 4) is 0 Å². The van der Waals surface area contributed by atoms with Gasteiger partial charge >= 0.3 is 6.03 Å². The molecule has 6 N–H and O–H groups in total. The number of aliphatic hydroxyl groups is 1. The molecule has 24 heteroatoms. The van der Waals surface area contributed by atoms with Gasteiger partial charge in [0.1, 0.15) is 41.8 Å². The van der Waals surface area contributed by atoms with Gasteiger partial charge in [-0.05, 0) is 56.9 Å². The Hall–Kier alpha value is -5.72. The summed E-state index contributed by atoms with van der Waals surface area (Å²) in [6.07, 6.45) is 11.7. The van der Waals surface area contributed by atoms with E-state index in [-0.39, 0.29) is 84.9 Å². The van der Waals surface area contributed by atoms with Crippen molar-refractivity contribution in [3.05, 3.63) is 87.9 Å². The number of amides is 4. The van der Waals surface area contributed by atoms with Gasteiger partial charge in [0.25, 0.3) is 0 Å². The fourth-order valence-electron chi connectivity index (χ4n) is 8.69. The molecule has 3 aromatic rings. The van der Waals surface area contributed by atoms with Crippen LogP contribution in [0.1, 0.15) is 100 Å². The second-order valence-corrected chi connectivity index (χ2v) is 20.1. The monoisotopic (exact) mass is 1050 g/mol. The summed E-state index contributed by atoms with van der Waals surface area (Å²) in [5.74, 6) is -0.173. The van der Waals surface area contributed by atoms with Crippen molar-refractivity contribution in [3.63, 3.8) is 0 Å². The molecule has 6 heterocycles. The second kappa shape index (κ2) is 27.5. The summed E-state index contributed by atoms with van der Waals surface area (Å²) < 4.78 is 33.0. The molecule has 0 spiro atoms. The highest BCUT2D eigenvalue weighted by atomic mass is 35.5. The molecule has 0 radical (unpaired) electrons. The molecule has 0 saturated carbocycles. The topological polar surface area (TPSA) is 274 Å². The first-order valence-electron chi connectivity index (χ1n) is 24.8. The lowest BCUT2D eigenvalue weighted by molar-refractivity contribution is -0.129. The Kier molecular flexibility index (Phi) is 20.8. The van der Waals surface area contributed by atoms with Crippen LogP contribution in [-0.4, -0.2) is 141 Å². The molecule has 0 bridgehead atoms. The number of nitrogens with zero attached hydrogens (tertiary/aromatic N) is 7. The SMILES string of the molecule is CC1(CCC(=O)CCCCC[C@H](NC(=O)CCCC[C@@H]2SC[C@@H]3NC(=O)N[C@@H]32)C(=O)NCCOCCOCCn2cc(COCC3=C(C(=O)CO)C(c4ccc(F)cc4Cl)N=C(c4ccncc4)N3)nn2)N=N1. The smallest absolute Gasteiger partial charge is 0.315 e. The summed E-state index contributed by atoms with van der Waals surface area (Å²) in [6, 6.07) is 5.78. The molecule has 2 saturated heterocycles. The molecule has 2 fully saturated rings. The fraction of sp³-hybridized carbons (Fsp3) is 0.571. The number of urea groups is 1. The zero-order chi connectivity index (χ0) is 51.6. The summed E-state index contributed by atoms with van der Waals surface area (Å²) >= 11 is 8.29. The Morgan fingerprint density at radius 2 is 1.77 bits per heavy atom. The molecule has 73 heavy (non-hydrogen) atoms. The summed E-state index contributed by atoms with van der Waals surface area (Å²) in [6.45, 7) is 2.81. The summed E-state index contributed by atoms with van der Waals surface area (Å²) in [5, 5.41) is 41.5. The fourth-order valence-corrected chi connectivity index (χ4v) is 10.5. The van der Waals surface area contributed by atoms with Crippen LogP contribution in [0.2, 0.25) is 5.02 Å². The summed E-state index contributed by atoms with van der Waals surface area (Å²) in [7, 11) is 0. The Balaban J connectivity index is 0.790. The van der Waals surface area contributed by atoms with Crippen molar-refractivity contribution in [2.24, 2.45) is 15.2 Å². The highest BCUT2D eigenvalue weighted by Crippen LogP contribution is 2.37. The third-order valence-corrected chi connectivity index (χ3v) is 14.6. The molecule has 1 unspecified atom stereocenters. The van der Waals surface area contributed by atoms with Gasteiger partial charge in [-0.25, -0.2) is 13.9 Å². The Morgan fingerprint density at radius 1 is 0.973 bits per heavy atom. The van der Waals surface area contributed by atoms with Crippen LogP contribution < -0.4 is 26.6 Å². The van der Waals surface area contributed by atoms with Gasteiger partial charge in [-0.3, -0.25) is 29.2 Å². The lowest BCUT2D eigenvalue weighted by Crippen LogP contribution is -2.47. The Morgan fingerprint density at radius 3 is 2.55 bits per heavy atom. The van der Waals surface area contributed by atoms with Crippen LogP contribution in [0.5, 0.6) is 0 Å². The van der Waals surface area contributed by atoms with Crippen molar-refractivity contribution < 1.29 is 47.7 Å². The first kappa shape index (κ1) is 55.0. The number of rotatable bonds is 33. The number of carbonyl (C=O) groups excluding carboxylic acids is 5. The van der Waals surface area contributed by atoms with Gasteiger partial charge in [0.15, 0.2) is 11.4 Å². The first-order valence-corrected chi connectivity index (χ1v) is 26.2. The van der Waals surface area contributed by atoms with Gasteiger partial charge in [0, 0.05) is 77.3 Å². The van der Waals surface area contributed by atoms with E-state index in [2.05, 4.69) is 52.1 Å². The van der Waals surface area contributed by atoms with E-state index in [4.69, 9.17) is 30.8 Å². The number of hydrogen-bond acceptors (Lipinski definition) is 17. The number of thioether (sulfide) groups is 1. The van der Waals surface area contributed by atoms with Crippen LogP contribution in [-0.2, 0) is 46.5 Å². The Bertz CT molecular complexity index is 2480. The molecule has 394 valence electrons. The zero-order valence-electron chi connectivity index (χ0n) is 40.9. The van der Waals surface area contributed by atoms with E-state index in [0.29, 0.717) is 105 Å². The number of benzene rings is 1. The van der Waals surface area contributed by atoms with Gasteiger partial charge in [0.2, 0.25) is 11.8 Å². The van der Waals surface area contributed by atoms with Gasteiger partial charge in [-0.15, -0.1) is 5.10 Å². The minimum Gasteiger partial charge on any atom is -0.388 e. The van der Waals surface area contributed by atoms with Crippen LogP contribution in [0.4, 0.5) is 9.18 Å². The number of carbonyl (C=O) groups is 5. The van der Waals surface area contributed by atoms with Crippen molar-refractivity contribution in [2.45, 2.75) is 126 Å². The molecule has 2 aromatic heterocycles. The number of Topliss-reactive ketones (excluding diaryl/α,β-unsaturated/α-hetero) is 2. The summed E-state index contributed by atoms with van der Waals surface area (Å²) in [5.41, 5.74) is 1.65. The minimum atomic E-state index is -0.960. The summed E-state index contributed by atoms with van der Waals surface area (Å²) in [4.78, 5) is 72.4. The van der Waals surface area contributed by atoms with E-state index in [9.17, 15) is 33.5 Å². The number of aliphatic imine (C=N–C) groups is 1. The van der Waals surface area contributed by atoms with Crippen molar-refractivity contribution in [2.75, 3.05) is 51.9 Å². The normalized spacial score (nSPS) is 19.9. The van der Waals surface area contributed by atoms with Gasteiger partial charge in [-0.2, -0.15) is 22.0 Å². The van der Waals surface area contributed by atoms with Crippen molar-refractivity contribution >= 4 is 58.6 Å². The second-order valence-electron chi connectivity index (χ2n) is 18.4. The maximum Gasteiger partial charge on any atom is 0.315 e. The molecule has 4 amide bonds. The number of unbranched alkanes of at least 4 members (excludes halogenated alkanes) is 3. The van der Waals surface area contributed by atoms with E-state index in [0.717, 1.165) is 31.1 Å². The molecule has 4 aliphatic heterocycles. The molecule has 1 aromatic carbocycles. The number of nitrogens with one attached hydrogen (secondary N) is 5. The van der Waals surface area contributed by atoms with E-state index >= 15 is 0 Å². The van der Waals surface area contributed by atoms with E-state index < -0.39 is 30.3 Å². The number of pyridine rings is 1. The number of ketones is 2. The lowest BCUT2D eigenvalue weighted by Gasteiger charge is -2.28. The predicted molar refractivity (Wildman–Crippen MR) is 268 cm³/mol. The minimum absolute atomic E-state index is 0.0350. The number of fused-ring (bicyclic) bond motifs is 1. The quantitative estimate of drug-likeness (QED) is 0.0364. The average Bonchev–Trinajstić information content (AvgIpc) is 3.60. The van der Waals surface area contributed by atoms with Crippen LogP contribution in [0.3, 0.4) is 0 Å². The molecule has 0 aliphatic carbocycles. The van der Waals surface area contributed by atoms with Crippen molar-refractivity contribution in [1.82, 2.24) is 46.6 Å². The molecule has 7 rings (SSSR count). The Labute approximate surface area is 432 Å². The highest BCUT2D eigenvalue weighted by molar-refractivity contribution is 8.00. The van der Waals surface area contributed by atoms with Gasteiger partial charge in [-0.1, -0.05) is 42.1 Å². The third kappa shape index (κ3) is 16.9. The van der Waals surface area contributed by atoms with Gasteiger partial charge in [0.05, 0.1) is 70.2 Å². The van der Waals surface area contributed by atoms with Crippen LogP contribution in [0.25, 0.3) is 0 Å². The zero-order valence-corrected chi connectivity index (χ0v) is 42.4. The van der Waals surface area contributed by atoms with Crippen LogP contribution in [0, 0.1) is 5.82 Å². The van der Waals surface area contributed by atoms with E-state index in [1.165, 1.54) is 12.1 Å². The number of aliphatic hydroxyl groups excluding tert-OH is 1. The van der Waals surface area contributed by atoms with Crippen molar-refractivity contribution in [1.29, 1.82) is 0 Å². The van der Waals surface area contributed by atoms with Gasteiger partial charge < -0.3 is 45.9 Å². The number of aromatic nitrogens is 4. The average molecular weight is 1050 g/mol.